The standard InChI is InChI=1S/C20H28O7/c1-6-10(2)18(23)27-15-9-20(5,25)16(22)8-13(21)11(3)7-14-17(15)12(4)19(24)26-14/h6-7,13-17,21-22,25H,4,8-9H2,1-3,5H3/b10-6-,11-7-/t13-,14-,15+,16-,17+,20+/m0/s1. The largest absolute Gasteiger partial charge is 0.458 e. The highest BCUT2D eigenvalue weighted by Gasteiger charge is 2.48. The average Bonchev–Trinajstić information content (AvgIpc) is 2.86. The molecule has 0 aromatic heterocycles. The summed E-state index contributed by atoms with van der Waals surface area (Å²) in [5.74, 6) is -1.94. The highest BCUT2D eigenvalue weighted by atomic mass is 16.6. The van der Waals surface area contributed by atoms with Crippen LogP contribution in [0.4, 0.5) is 0 Å². The summed E-state index contributed by atoms with van der Waals surface area (Å²) in [6.45, 7) is 10.1. The number of aliphatic hydroxyl groups is 3. The third kappa shape index (κ3) is 4.48. The second-order valence-corrected chi connectivity index (χ2v) is 7.58. The molecular formula is C20H28O7. The van der Waals surface area contributed by atoms with Gasteiger partial charge in [0.05, 0.1) is 23.7 Å². The van der Waals surface area contributed by atoms with Crippen molar-refractivity contribution in [2.75, 3.05) is 0 Å². The molecule has 6 atom stereocenters. The molecule has 0 unspecified atom stereocenters. The summed E-state index contributed by atoms with van der Waals surface area (Å²) < 4.78 is 10.9. The number of hydrogen-bond donors (Lipinski definition) is 3. The first-order chi connectivity index (χ1) is 12.5. The number of rotatable bonds is 2. The number of fused-ring (bicyclic) bond motifs is 1. The summed E-state index contributed by atoms with van der Waals surface area (Å²) in [7, 11) is 0. The van der Waals surface area contributed by atoms with Gasteiger partial charge < -0.3 is 24.8 Å². The van der Waals surface area contributed by atoms with Gasteiger partial charge in [-0.3, -0.25) is 0 Å². The molecule has 27 heavy (non-hydrogen) atoms. The van der Waals surface area contributed by atoms with Crippen molar-refractivity contribution < 1.29 is 34.4 Å². The Hall–Kier alpha value is -1.96. The molecule has 2 aliphatic rings. The molecule has 7 heteroatoms. The van der Waals surface area contributed by atoms with Gasteiger partial charge in [0.25, 0.3) is 0 Å². The molecule has 1 aliphatic heterocycles. The number of aliphatic hydroxyl groups excluding tert-OH is 2. The van der Waals surface area contributed by atoms with Crippen LogP contribution in [0.3, 0.4) is 0 Å². The Kier molecular flexibility index (Phi) is 6.29. The van der Waals surface area contributed by atoms with Crippen LogP contribution < -0.4 is 0 Å². The molecule has 1 saturated heterocycles. The molecule has 0 radical (unpaired) electrons. The minimum Gasteiger partial charge on any atom is -0.458 e. The normalized spacial score (nSPS) is 39.9. The molecule has 1 fully saturated rings. The van der Waals surface area contributed by atoms with Gasteiger partial charge in [0.1, 0.15) is 12.2 Å². The van der Waals surface area contributed by atoms with Crippen molar-refractivity contribution in [3.8, 4) is 0 Å². The van der Waals surface area contributed by atoms with Crippen LogP contribution in [0.2, 0.25) is 0 Å². The first kappa shape index (κ1) is 21.3. The van der Waals surface area contributed by atoms with E-state index in [0.717, 1.165) is 0 Å². The fraction of sp³-hybridized carbons (Fsp3) is 0.600. The van der Waals surface area contributed by atoms with Gasteiger partial charge >= 0.3 is 11.9 Å². The maximum atomic E-state index is 12.3. The van der Waals surface area contributed by atoms with Gasteiger partial charge in [0, 0.05) is 24.0 Å². The van der Waals surface area contributed by atoms with Crippen molar-refractivity contribution >= 4 is 11.9 Å². The SMILES string of the molecule is C=C1C(=O)O[C@H]2/C=C(/C)[C@@H](O)C[C@H](O)[C@](C)(O)C[C@@H](OC(=O)/C(C)=C\C)[C@H]12. The van der Waals surface area contributed by atoms with E-state index < -0.39 is 47.9 Å². The average molecular weight is 380 g/mol. The van der Waals surface area contributed by atoms with E-state index in [4.69, 9.17) is 9.47 Å². The fourth-order valence-electron chi connectivity index (χ4n) is 3.34. The Balaban J connectivity index is 2.50. The van der Waals surface area contributed by atoms with Gasteiger partial charge in [-0.25, -0.2) is 9.59 Å². The van der Waals surface area contributed by atoms with Crippen LogP contribution in [0.5, 0.6) is 0 Å². The molecule has 0 saturated carbocycles. The van der Waals surface area contributed by atoms with E-state index in [2.05, 4.69) is 6.58 Å². The van der Waals surface area contributed by atoms with E-state index in [9.17, 15) is 24.9 Å². The molecule has 0 bridgehead atoms. The van der Waals surface area contributed by atoms with Gasteiger partial charge in [-0.05, 0) is 39.3 Å². The van der Waals surface area contributed by atoms with Gasteiger partial charge in [-0.1, -0.05) is 12.7 Å². The molecule has 0 amide bonds. The molecule has 2 rings (SSSR count). The first-order valence-electron chi connectivity index (χ1n) is 8.98. The molecule has 3 N–H and O–H groups in total. The number of hydrogen-bond acceptors (Lipinski definition) is 7. The van der Waals surface area contributed by atoms with Crippen molar-refractivity contribution in [2.45, 2.75) is 70.6 Å². The summed E-state index contributed by atoms with van der Waals surface area (Å²) in [5.41, 5.74) is -0.676. The quantitative estimate of drug-likeness (QED) is 0.374. The minimum atomic E-state index is -1.66. The van der Waals surface area contributed by atoms with Crippen molar-refractivity contribution in [3.05, 3.63) is 35.5 Å². The lowest BCUT2D eigenvalue weighted by Crippen LogP contribution is -2.48. The summed E-state index contributed by atoms with van der Waals surface area (Å²) in [4.78, 5) is 24.4. The van der Waals surface area contributed by atoms with Crippen molar-refractivity contribution in [1.29, 1.82) is 0 Å². The highest BCUT2D eigenvalue weighted by molar-refractivity contribution is 5.92. The predicted molar refractivity (Wildman–Crippen MR) is 97.4 cm³/mol. The third-order valence-corrected chi connectivity index (χ3v) is 5.41. The zero-order valence-electron chi connectivity index (χ0n) is 16.1. The second kappa shape index (κ2) is 7.96. The minimum absolute atomic E-state index is 0.101. The molecule has 0 aromatic rings. The van der Waals surface area contributed by atoms with Crippen LogP contribution in [0.1, 0.15) is 40.5 Å². The highest BCUT2D eigenvalue weighted by Crippen LogP contribution is 2.38. The molecule has 150 valence electrons. The first-order valence-corrected chi connectivity index (χ1v) is 8.98. The number of esters is 2. The summed E-state index contributed by atoms with van der Waals surface area (Å²) in [6.07, 6.45) is -1.06. The molecule has 7 nitrogen and oxygen atoms in total. The second-order valence-electron chi connectivity index (χ2n) is 7.58. The number of carbonyl (C=O) groups is 2. The summed E-state index contributed by atoms with van der Waals surface area (Å²) in [6, 6.07) is 0. The van der Waals surface area contributed by atoms with Crippen molar-refractivity contribution in [2.24, 2.45) is 5.92 Å². The molecule has 1 heterocycles. The number of ether oxygens (including phenoxy) is 2. The fourth-order valence-corrected chi connectivity index (χ4v) is 3.34. The molecule has 1 aliphatic carbocycles. The number of carbonyl (C=O) groups excluding carboxylic acids is 2. The Labute approximate surface area is 159 Å². The lowest BCUT2D eigenvalue weighted by atomic mass is 9.79. The Morgan fingerprint density at radius 3 is 2.67 bits per heavy atom. The predicted octanol–water partition coefficient (Wildman–Crippen LogP) is 1.18. The van der Waals surface area contributed by atoms with E-state index >= 15 is 0 Å². The molecule has 0 spiro atoms. The Morgan fingerprint density at radius 1 is 1.44 bits per heavy atom. The smallest absolute Gasteiger partial charge is 0.334 e. The van der Waals surface area contributed by atoms with Gasteiger partial charge in [0.2, 0.25) is 0 Å². The van der Waals surface area contributed by atoms with Crippen LogP contribution in [0.15, 0.2) is 35.5 Å². The Morgan fingerprint density at radius 2 is 2.07 bits per heavy atom. The zero-order chi connectivity index (χ0) is 20.5. The van der Waals surface area contributed by atoms with E-state index in [1.807, 2.05) is 0 Å². The maximum absolute atomic E-state index is 12.3. The summed E-state index contributed by atoms with van der Waals surface area (Å²) >= 11 is 0. The lowest BCUT2D eigenvalue weighted by Gasteiger charge is -2.37. The van der Waals surface area contributed by atoms with Gasteiger partial charge in [-0.2, -0.15) is 0 Å². The van der Waals surface area contributed by atoms with Crippen molar-refractivity contribution in [3.63, 3.8) is 0 Å². The van der Waals surface area contributed by atoms with E-state index in [1.54, 1.807) is 32.9 Å². The third-order valence-electron chi connectivity index (χ3n) is 5.41. The monoisotopic (exact) mass is 380 g/mol. The number of allylic oxidation sites excluding steroid dienone is 1. The zero-order valence-corrected chi connectivity index (χ0v) is 16.1. The lowest BCUT2D eigenvalue weighted by molar-refractivity contribution is -0.156. The van der Waals surface area contributed by atoms with Crippen LogP contribution in [-0.4, -0.2) is 57.3 Å². The van der Waals surface area contributed by atoms with E-state index in [0.29, 0.717) is 11.1 Å². The Bertz CT molecular complexity index is 688. The topological polar surface area (TPSA) is 113 Å². The van der Waals surface area contributed by atoms with Gasteiger partial charge in [-0.15, -0.1) is 0 Å². The van der Waals surface area contributed by atoms with Crippen LogP contribution in [0, 0.1) is 5.92 Å². The molecule has 0 aromatic carbocycles. The van der Waals surface area contributed by atoms with Crippen LogP contribution in [0.25, 0.3) is 0 Å². The van der Waals surface area contributed by atoms with E-state index in [1.165, 1.54) is 6.92 Å². The van der Waals surface area contributed by atoms with Crippen LogP contribution in [-0.2, 0) is 19.1 Å². The van der Waals surface area contributed by atoms with E-state index in [-0.39, 0.29) is 18.4 Å². The van der Waals surface area contributed by atoms with Crippen LogP contribution >= 0.6 is 0 Å². The van der Waals surface area contributed by atoms with Crippen molar-refractivity contribution in [1.82, 2.24) is 0 Å². The van der Waals surface area contributed by atoms with Gasteiger partial charge in [0.15, 0.2) is 0 Å². The molecular weight excluding hydrogens is 352 g/mol. The maximum Gasteiger partial charge on any atom is 0.334 e. The summed E-state index contributed by atoms with van der Waals surface area (Å²) in [5, 5.41) is 31.5.